The fourth-order valence-electron chi connectivity index (χ4n) is 5.91. The molecule has 212 valence electrons. The molecule has 9 heteroatoms. The molecule has 0 bridgehead atoms. The summed E-state index contributed by atoms with van der Waals surface area (Å²) in [6.07, 6.45) is 9.92. The predicted octanol–water partition coefficient (Wildman–Crippen LogP) is 5.90. The number of anilines is 1. The van der Waals surface area contributed by atoms with Crippen LogP contribution in [0.4, 0.5) is 10.5 Å². The molecule has 9 nitrogen and oxygen atoms in total. The average molecular weight is 546 g/mol. The Morgan fingerprint density at radius 1 is 1.25 bits per heavy atom. The maximum atomic E-state index is 13.0. The summed E-state index contributed by atoms with van der Waals surface area (Å²) in [5.41, 5.74) is 0.876. The first kappa shape index (κ1) is 29.1. The van der Waals surface area contributed by atoms with Gasteiger partial charge in [0.05, 0.1) is 30.0 Å². The molecule has 1 aromatic heterocycles. The molecule has 0 saturated heterocycles. The van der Waals surface area contributed by atoms with Crippen LogP contribution in [0.2, 0.25) is 0 Å². The van der Waals surface area contributed by atoms with E-state index in [2.05, 4.69) is 35.2 Å². The van der Waals surface area contributed by atoms with Crippen molar-refractivity contribution >= 4 is 23.3 Å². The van der Waals surface area contributed by atoms with E-state index in [1.807, 2.05) is 45.1 Å². The van der Waals surface area contributed by atoms with E-state index in [-0.39, 0.29) is 23.4 Å². The summed E-state index contributed by atoms with van der Waals surface area (Å²) in [4.78, 5) is 34.1. The predicted molar refractivity (Wildman–Crippen MR) is 153 cm³/mol. The molecule has 3 N–H and O–H groups in total. The zero-order valence-corrected chi connectivity index (χ0v) is 24.4. The Labute approximate surface area is 235 Å². The highest BCUT2D eigenvalue weighted by atomic mass is 16.5. The van der Waals surface area contributed by atoms with Gasteiger partial charge >= 0.3 is 6.09 Å². The van der Waals surface area contributed by atoms with Crippen molar-refractivity contribution < 1.29 is 19.4 Å². The Bertz CT molecular complexity index is 1430. The Kier molecular flexibility index (Phi) is 7.46. The van der Waals surface area contributed by atoms with Gasteiger partial charge in [0.1, 0.15) is 11.8 Å². The molecule has 0 radical (unpaired) electrons. The van der Waals surface area contributed by atoms with Crippen molar-refractivity contribution in [3.05, 3.63) is 65.3 Å². The summed E-state index contributed by atoms with van der Waals surface area (Å²) in [5, 5.41) is 23.9. The van der Waals surface area contributed by atoms with E-state index in [0.29, 0.717) is 11.3 Å². The van der Waals surface area contributed by atoms with E-state index >= 15 is 0 Å². The highest BCUT2D eigenvalue weighted by molar-refractivity contribution is 6.03. The van der Waals surface area contributed by atoms with Crippen molar-refractivity contribution in [1.82, 2.24) is 14.9 Å². The Hall–Kier alpha value is -3.90. The van der Waals surface area contributed by atoms with Crippen molar-refractivity contribution in [3.8, 4) is 6.07 Å². The number of aromatic nitrogens is 2. The lowest BCUT2D eigenvalue weighted by Crippen LogP contribution is -2.56. The number of imidazole rings is 1. The Balaban J connectivity index is 1.71. The molecule has 2 atom stereocenters. The van der Waals surface area contributed by atoms with E-state index in [0.717, 1.165) is 30.4 Å². The monoisotopic (exact) mass is 545 g/mol. The van der Waals surface area contributed by atoms with Crippen LogP contribution >= 0.6 is 0 Å². The second kappa shape index (κ2) is 10.3. The van der Waals surface area contributed by atoms with E-state index in [1.54, 1.807) is 24.0 Å². The number of nitrogens with zero attached hydrogens (tertiary/aromatic N) is 3. The summed E-state index contributed by atoms with van der Waals surface area (Å²) in [7, 11) is 1.36. The number of carbonyl (C=O) groups excluding carboxylic acids is 2. The van der Waals surface area contributed by atoms with Gasteiger partial charge in [0.25, 0.3) is 5.91 Å². The number of H-pyrrole nitrogens is 1. The number of ether oxygens (including phenoxy) is 1. The van der Waals surface area contributed by atoms with Crippen LogP contribution in [0.3, 0.4) is 0 Å². The summed E-state index contributed by atoms with van der Waals surface area (Å²) >= 11 is 0. The minimum absolute atomic E-state index is 0.0452. The van der Waals surface area contributed by atoms with Crippen molar-refractivity contribution in [2.24, 2.45) is 5.41 Å². The van der Waals surface area contributed by atoms with Gasteiger partial charge in [0.2, 0.25) is 0 Å². The molecule has 0 spiro atoms. The van der Waals surface area contributed by atoms with Crippen LogP contribution in [0.15, 0.2) is 42.6 Å². The largest absolute Gasteiger partial charge is 0.453 e. The number of amides is 2. The molecule has 2 unspecified atom stereocenters. The maximum absolute atomic E-state index is 13.0. The summed E-state index contributed by atoms with van der Waals surface area (Å²) in [6, 6.07) is 7.46. The van der Waals surface area contributed by atoms with Gasteiger partial charge in [-0.15, -0.1) is 0 Å². The molecule has 1 aromatic carbocycles. The normalized spacial score (nSPS) is 22.7. The van der Waals surface area contributed by atoms with E-state index in [1.165, 1.54) is 13.3 Å². The molecule has 2 aromatic rings. The van der Waals surface area contributed by atoms with E-state index in [9.17, 15) is 14.7 Å². The SMILES string of the molecule is COC(=O)N1C(C)(C)C=CC1(C)CC(C)(O)c1ccc(NC(=O)c2ncc(C#N)[nH]2)c(C2=CCC(C)(C)CC2)c1. The highest BCUT2D eigenvalue weighted by Gasteiger charge is 2.50. The molecule has 2 amide bonds. The number of aliphatic hydroxyl groups is 1. The topological polar surface area (TPSA) is 131 Å². The van der Waals surface area contributed by atoms with Crippen molar-refractivity contribution in [1.29, 1.82) is 5.26 Å². The van der Waals surface area contributed by atoms with Gasteiger partial charge < -0.3 is 20.1 Å². The van der Waals surface area contributed by atoms with Crippen molar-refractivity contribution in [2.45, 2.75) is 83.9 Å². The van der Waals surface area contributed by atoms with E-state index in [4.69, 9.17) is 10.00 Å². The van der Waals surface area contributed by atoms with Crippen LogP contribution in [0.25, 0.3) is 5.57 Å². The number of methoxy groups -OCH3 is 1. The van der Waals surface area contributed by atoms with Gasteiger partial charge in [0.15, 0.2) is 5.82 Å². The molecule has 40 heavy (non-hydrogen) atoms. The van der Waals surface area contributed by atoms with Gasteiger partial charge in [-0.25, -0.2) is 9.78 Å². The molecule has 1 aliphatic carbocycles. The number of nitrogens with one attached hydrogen (secondary N) is 2. The summed E-state index contributed by atoms with van der Waals surface area (Å²) < 4.78 is 5.09. The first-order chi connectivity index (χ1) is 18.6. The van der Waals surface area contributed by atoms with Gasteiger partial charge in [-0.05, 0) is 75.6 Å². The molecule has 2 aliphatic rings. The average Bonchev–Trinajstić information content (AvgIpc) is 3.45. The van der Waals surface area contributed by atoms with Crippen LogP contribution < -0.4 is 5.32 Å². The summed E-state index contributed by atoms with van der Waals surface area (Å²) in [5.74, 6) is -0.414. The third-order valence-corrected chi connectivity index (χ3v) is 8.12. The molecule has 0 saturated carbocycles. The lowest BCUT2D eigenvalue weighted by molar-refractivity contribution is -0.0141. The first-order valence-electron chi connectivity index (χ1n) is 13.5. The molecule has 4 rings (SSSR count). The fourth-order valence-corrected chi connectivity index (χ4v) is 5.91. The second-order valence-corrected chi connectivity index (χ2v) is 12.7. The zero-order chi connectivity index (χ0) is 29.5. The maximum Gasteiger partial charge on any atom is 0.410 e. The molecular weight excluding hydrogens is 506 g/mol. The van der Waals surface area contributed by atoms with Crippen LogP contribution in [0.1, 0.15) is 94.7 Å². The number of nitriles is 1. The number of allylic oxidation sites excluding steroid dienone is 2. The summed E-state index contributed by atoms with van der Waals surface area (Å²) in [6.45, 7) is 12.0. The van der Waals surface area contributed by atoms with Gasteiger partial charge in [0, 0.05) is 17.7 Å². The van der Waals surface area contributed by atoms with Crippen LogP contribution in [-0.4, -0.2) is 50.2 Å². The number of benzene rings is 1. The van der Waals surface area contributed by atoms with E-state index < -0.39 is 28.7 Å². The zero-order valence-electron chi connectivity index (χ0n) is 24.4. The smallest absolute Gasteiger partial charge is 0.410 e. The highest BCUT2D eigenvalue weighted by Crippen LogP contribution is 2.45. The third kappa shape index (κ3) is 5.68. The number of carbonyl (C=O) groups is 2. The van der Waals surface area contributed by atoms with Crippen molar-refractivity contribution in [3.63, 3.8) is 0 Å². The molecule has 0 fully saturated rings. The molecule has 2 heterocycles. The minimum Gasteiger partial charge on any atom is -0.453 e. The Morgan fingerprint density at radius 2 is 1.98 bits per heavy atom. The quantitative estimate of drug-likeness (QED) is 0.387. The van der Waals surface area contributed by atoms with Crippen LogP contribution in [-0.2, 0) is 10.3 Å². The fraction of sp³-hybridized carbons (Fsp3) is 0.484. The number of hydrogen-bond donors (Lipinski definition) is 3. The van der Waals surface area contributed by atoms with Crippen LogP contribution in [0.5, 0.6) is 0 Å². The standard InChI is InChI=1S/C31H39N5O4/c1-28(2)12-10-20(11-13-28)23-16-21(8-9-24(23)35-26(37)25-33-18-22(17-32)34-25)31(6,39)19-30(5)15-14-29(3,4)36(30)27(38)40-7/h8-10,14-16,18,39H,11-13,19H2,1-7H3,(H,33,34)(H,35,37). The first-order valence-corrected chi connectivity index (χ1v) is 13.5. The lowest BCUT2D eigenvalue weighted by Gasteiger charge is -2.44. The third-order valence-electron chi connectivity index (χ3n) is 8.12. The number of rotatable bonds is 6. The molecule has 1 aliphatic heterocycles. The lowest BCUT2D eigenvalue weighted by atomic mass is 9.76. The molecular formula is C31H39N5O4. The number of hydrogen-bond acceptors (Lipinski definition) is 6. The van der Waals surface area contributed by atoms with Crippen molar-refractivity contribution in [2.75, 3.05) is 12.4 Å². The van der Waals surface area contributed by atoms with Gasteiger partial charge in [-0.2, -0.15) is 5.26 Å². The van der Waals surface area contributed by atoms with Gasteiger partial charge in [-0.1, -0.05) is 38.1 Å². The van der Waals surface area contributed by atoms with Gasteiger partial charge in [-0.3, -0.25) is 9.69 Å². The second-order valence-electron chi connectivity index (χ2n) is 12.7. The van der Waals surface area contributed by atoms with Crippen LogP contribution in [0, 0.1) is 16.7 Å². The minimum atomic E-state index is -1.32. The Morgan fingerprint density at radius 3 is 2.58 bits per heavy atom. The number of aromatic amines is 1.